The maximum atomic E-state index is 10.9. The quantitative estimate of drug-likeness (QED) is 0.669. The molecule has 0 radical (unpaired) electrons. The van der Waals surface area contributed by atoms with Crippen LogP contribution < -0.4 is 10.1 Å². The average Bonchev–Trinajstić information content (AvgIpc) is 2.47. The Morgan fingerprint density at radius 3 is 2.65 bits per heavy atom. The van der Waals surface area contributed by atoms with Gasteiger partial charge in [0.1, 0.15) is 5.75 Å². The SMILES string of the molecule is CNC(C)c1ccc(Oc2ccccc2[N+](=O)[O-])cn1. The van der Waals surface area contributed by atoms with E-state index in [1.165, 1.54) is 6.07 Å². The van der Waals surface area contributed by atoms with Gasteiger partial charge in [-0.05, 0) is 32.2 Å². The third-order valence-electron chi connectivity index (χ3n) is 2.93. The van der Waals surface area contributed by atoms with E-state index >= 15 is 0 Å². The highest BCUT2D eigenvalue weighted by Gasteiger charge is 2.14. The lowest BCUT2D eigenvalue weighted by Crippen LogP contribution is -2.13. The van der Waals surface area contributed by atoms with Gasteiger partial charge < -0.3 is 10.1 Å². The highest BCUT2D eigenvalue weighted by Crippen LogP contribution is 2.30. The summed E-state index contributed by atoms with van der Waals surface area (Å²) in [6.07, 6.45) is 1.56. The summed E-state index contributed by atoms with van der Waals surface area (Å²) >= 11 is 0. The zero-order chi connectivity index (χ0) is 14.5. The molecule has 0 spiro atoms. The van der Waals surface area contributed by atoms with E-state index in [0.717, 1.165) is 5.69 Å². The van der Waals surface area contributed by atoms with Gasteiger partial charge in [-0.15, -0.1) is 0 Å². The van der Waals surface area contributed by atoms with E-state index in [1.54, 1.807) is 30.5 Å². The number of nitro benzene ring substituents is 1. The van der Waals surface area contributed by atoms with Crippen LogP contribution in [-0.4, -0.2) is 17.0 Å². The lowest BCUT2D eigenvalue weighted by molar-refractivity contribution is -0.385. The van der Waals surface area contributed by atoms with Crippen molar-refractivity contribution in [1.82, 2.24) is 10.3 Å². The Morgan fingerprint density at radius 2 is 2.05 bits per heavy atom. The molecule has 1 heterocycles. The van der Waals surface area contributed by atoms with Crippen molar-refractivity contribution in [2.75, 3.05) is 7.05 Å². The summed E-state index contributed by atoms with van der Waals surface area (Å²) in [6.45, 7) is 1.99. The zero-order valence-electron chi connectivity index (χ0n) is 11.2. The highest BCUT2D eigenvalue weighted by atomic mass is 16.6. The van der Waals surface area contributed by atoms with E-state index in [-0.39, 0.29) is 17.5 Å². The van der Waals surface area contributed by atoms with Gasteiger partial charge in [-0.2, -0.15) is 0 Å². The first-order chi connectivity index (χ1) is 9.61. The first kappa shape index (κ1) is 14.0. The molecule has 0 bridgehead atoms. The molecule has 0 saturated carbocycles. The van der Waals surface area contributed by atoms with Crippen molar-refractivity contribution in [3.05, 3.63) is 58.4 Å². The van der Waals surface area contributed by atoms with Crippen LogP contribution in [0.4, 0.5) is 5.69 Å². The van der Waals surface area contributed by atoms with Crippen LogP contribution in [0, 0.1) is 10.1 Å². The second-order valence-electron chi connectivity index (χ2n) is 4.26. The largest absolute Gasteiger partial charge is 0.449 e. The topological polar surface area (TPSA) is 77.3 Å². The van der Waals surface area contributed by atoms with Gasteiger partial charge in [0.2, 0.25) is 5.75 Å². The van der Waals surface area contributed by atoms with E-state index in [4.69, 9.17) is 4.74 Å². The summed E-state index contributed by atoms with van der Waals surface area (Å²) < 4.78 is 5.51. The molecule has 0 fully saturated rings. The summed E-state index contributed by atoms with van der Waals surface area (Å²) in [5, 5.41) is 14.0. The van der Waals surface area contributed by atoms with Gasteiger partial charge in [0.05, 0.1) is 16.8 Å². The van der Waals surface area contributed by atoms with Gasteiger partial charge in [-0.1, -0.05) is 12.1 Å². The van der Waals surface area contributed by atoms with E-state index in [0.29, 0.717) is 5.75 Å². The molecule has 6 heteroatoms. The summed E-state index contributed by atoms with van der Waals surface area (Å²) in [6, 6.07) is 9.95. The van der Waals surface area contributed by atoms with E-state index < -0.39 is 4.92 Å². The number of benzene rings is 1. The van der Waals surface area contributed by atoms with E-state index in [9.17, 15) is 10.1 Å². The van der Waals surface area contributed by atoms with Crippen molar-refractivity contribution >= 4 is 5.69 Å². The first-order valence-electron chi connectivity index (χ1n) is 6.16. The number of aromatic nitrogens is 1. The normalized spacial score (nSPS) is 11.9. The number of nitro groups is 1. The second kappa shape index (κ2) is 6.12. The number of nitrogens with zero attached hydrogens (tertiary/aromatic N) is 2. The van der Waals surface area contributed by atoms with Crippen LogP contribution in [-0.2, 0) is 0 Å². The predicted molar refractivity (Wildman–Crippen MR) is 74.9 cm³/mol. The fourth-order valence-corrected chi connectivity index (χ4v) is 1.68. The molecule has 1 aromatic carbocycles. The summed E-state index contributed by atoms with van der Waals surface area (Å²) in [7, 11) is 1.85. The Kier molecular flexibility index (Phi) is 4.27. The van der Waals surface area contributed by atoms with Gasteiger partial charge in [-0.25, -0.2) is 0 Å². The summed E-state index contributed by atoms with van der Waals surface area (Å²) in [5.74, 6) is 0.667. The van der Waals surface area contributed by atoms with Crippen molar-refractivity contribution < 1.29 is 9.66 Å². The molecule has 104 valence electrons. The van der Waals surface area contributed by atoms with Gasteiger partial charge in [0.25, 0.3) is 0 Å². The number of ether oxygens (including phenoxy) is 1. The summed E-state index contributed by atoms with van der Waals surface area (Å²) in [5.41, 5.74) is 0.808. The lowest BCUT2D eigenvalue weighted by atomic mass is 10.2. The molecule has 6 nitrogen and oxygen atoms in total. The number of nitrogens with one attached hydrogen (secondary N) is 1. The Hall–Kier alpha value is -2.47. The molecule has 1 aromatic heterocycles. The molecule has 0 saturated heterocycles. The van der Waals surface area contributed by atoms with Crippen LogP contribution >= 0.6 is 0 Å². The van der Waals surface area contributed by atoms with Crippen molar-refractivity contribution in [2.45, 2.75) is 13.0 Å². The van der Waals surface area contributed by atoms with Crippen molar-refractivity contribution in [3.8, 4) is 11.5 Å². The summed E-state index contributed by atoms with van der Waals surface area (Å²) in [4.78, 5) is 14.7. The van der Waals surface area contributed by atoms with Crippen LogP contribution in [0.3, 0.4) is 0 Å². The molecule has 1 atom stereocenters. The molecule has 0 aliphatic rings. The molecule has 0 aliphatic heterocycles. The van der Waals surface area contributed by atoms with Crippen LogP contribution in [0.1, 0.15) is 18.7 Å². The minimum Gasteiger partial charge on any atom is -0.449 e. The standard InChI is InChI=1S/C14H15N3O3/c1-10(15-2)12-8-7-11(9-16-12)20-14-6-4-3-5-13(14)17(18)19/h3-10,15H,1-2H3. The monoisotopic (exact) mass is 273 g/mol. The Labute approximate surface area is 116 Å². The van der Waals surface area contributed by atoms with Crippen molar-refractivity contribution in [3.63, 3.8) is 0 Å². The molecule has 0 amide bonds. The van der Waals surface area contributed by atoms with Gasteiger partial charge in [0.15, 0.2) is 0 Å². The van der Waals surface area contributed by atoms with E-state index in [2.05, 4.69) is 10.3 Å². The molecule has 0 aliphatic carbocycles. The minimum atomic E-state index is -0.472. The molecular formula is C14H15N3O3. The van der Waals surface area contributed by atoms with Gasteiger partial charge >= 0.3 is 5.69 Å². The Balaban J connectivity index is 2.20. The fourth-order valence-electron chi connectivity index (χ4n) is 1.68. The average molecular weight is 273 g/mol. The molecule has 2 aromatic rings. The number of hydrogen-bond acceptors (Lipinski definition) is 5. The maximum Gasteiger partial charge on any atom is 0.311 e. The molecule has 2 rings (SSSR count). The number of pyridine rings is 1. The third-order valence-corrected chi connectivity index (χ3v) is 2.93. The van der Waals surface area contributed by atoms with Crippen LogP contribution in [0.25, 0.3) is 0 Å². The molecule has 1 unspecified atom stereocenters. The van der Waals surface area contributed by atoms with Gasteiger partial charge in [0, 0.05) is 12.1 Å². The maximum absolute atomic E-state index is 10.9. The van der Waals surface area contributed by atoms with Crippen molar-refractivity contribution in [2.24, 2.45) is 0 Å². The fraction of sp³-hybridized carbons (Fsp3) is 0.214. The Bertz CT molecular complexity index is 599. The first-order valence-corrected chi connectivity index (χ1v) is 6.16. The lowest BCUT2D eigenvalue weighted by Gasteiger charge is -2.10. The predicted octanol–water partition coefficient (Wildman–Crippen LogP) is 3.06. The molecular weight excluding hydrogens is 258 g/mol. The number of hydrogen-bond donors (Lipinski definition) is 1. The highest BCUT2D eigenvalue weighted by molar-refractivity contribution is 5.47. The van der Waals surface area contributed by atoms with Gasteiger partial charge in [-0.3, -0.25) is 15.1 Å². The molecule has 20 heavy (non-hydrogen) atoms. The smallest absolute Gasteiger partial charge is 0.311 e. The van der Waals surface area contributed by atoms with E-state index in [1.807, 2.05) is 20.0 Å². The van der Waals surface area contributed by atoms with Crippen molar-refractivity contribution in [1.29, 1.82) is 0 Å². The molecule has 1 N–H and O–H groups in total. The number of rotatable bonds is 5. The van der Waals surface area contributed by atoms with Crippen LogP contribution in [0.2, 0.25) is 0 Å². The number of para-hydroxylation sites is 2. The van der Waals surface area contributed by atoms with Crippen LogP contribution in [0.15, 0.2) is 42.6 Å². The zero-order valence-corrected chi connectivity index (χ0v) is 11.2. The minimum absolute atomic E-state index is 0.0693. The third kappa shape index (κ3) is 3.10. The second-order valence-corrected chi connectivity index (χ2v) is 4.26. The van der Waals surface area contributed by atoms with Crippen LogP contribution in [0.5, 0.6) is 11.5 Å². The Morgan fingerprint density at radius 1 is 1.30 bits per heavy atom.